The van der Waals surface area contributed by atoms with Gasteiger partial charge in [-0.3, -0.25) is 4.99 Å². The number of nitrogens with one attached hydrogen (secondary N) is 2. The first kappa shape index (κ1) is 10.3. The molecule has 0 bridgehead atoms. The van der Waals surface area contributed by atoms with Crippen molar-refractivity contribution in [2.75, 3.05) is 19.7 Å². The van der Waals surface area contributed by atoms with Crippen molar-refractivity contribution in [2.45, 2.75) is 26.3 Å². The fourth-order valence-corrected chi connectivity index (χ4v) is 1.44. The molecule has 76 valence electrons. The quantitative estimate of drug-likeness (QED) is 0.575. The molecule has 0 amide bonds. The Hall–Kier alpha value is -0.770. The summed E-state index contributed by atoms with van der Waals surface area (Å²) in [6.45, 7) is 6.20. The minimum Gasteiger partial charge on any atom is -0.394 e. The number of rotatable bonds is 4. The molecule has 1 unspecified atom stereocenters. The molecule has 0 aromatic heterocycles. The Morgan fingerprint density at radius 1 is 1.62 bits per heavy atom. The van der Waals surface area contributed by atoms with Gasteiger partial charge in [0.2, 0.25) is 0 Å². The predicted molar refractivity (Wildman–Crippen MR) is 53.8 cm³/mol. The van der Waals surface area contributed by atoms with Crippen LogP contribution in [0.25, 0.3) is 0 Å². The maximum Gasteiger partial charge on any atom is 0.191 e. The highest BCUT2D eigenvalue weighted by atomic mass is 16.3. The number of aliphatic imine (C=N–C) groups is 1. The van der Waals surface area contributed by atoms with Crippen molar-refractivity contribution >= 4 is 5.96 Å². The molecule has 0 spiro atoms. The fraction of sp³-hybridized carbons (Fsp3) is 0.889. The van der Waals surface area contributed by atoms with E-state index in [1.54, 1.807) is 0 Å². The lowest BCUT2D eigenvalue weighted by Gasteiger charge is -2.19. The summed E-state index contributed by atoms with van der Waals surface area (Å²) >= 11 is 0. The van der Waals surface area contributed by atoms with Crippen molar-refractivity contribution in [3.05, 3.63) is 0 Å². The van der Waals surface area contributed by atoms with Gasteiger partial charge in [-0.2, -0.15) is 0 Å². The second-order valence-electron chi connectivity index (χ2n) is 3.81. The van der Waals surface area contributed by atoms with E-state index in [0.29, 0.717) is 5.92 Å². The average Bonchev–Trinajstić information content (AvgIpc) is 2.55. The molecule has 1 aliphatic heterocycles. The maximum atomic E-state index is 9.09. The van der Waals surface area contributed by atoms with Gasteiger partial charge in [-0.25, -0.2) is 0 Å². The van der Waals surface area contributed by atoms with E-state index in [0.717, 1.165) is 25.5 Å². The molecule has 0 radical (unpaired) electrons. The Bertz CT molecular complexity index is 180. The van der Waals surface area contributed by atoms with E-state index >= 15 is 0 Å². The normalized spacial score (nSPS) is 18.3. The number of hydrogen-bond acceptors (Lipinski definition) is 4. The van der Waals surface area contributed by atoms with Crippen LogP contribution in [-0.2, 0) is 0 Å². The summed E-state index contributed by atoms with van der Waals surface area (Å²) in [5, 5.41) is 15.4. The summed E-state index contributed by atoms with van der Waals surface area (Å²) in [6.07, 6.45) is 0.969. The molecule has 1 rings (SSSR count). The lowest BCUT2D eigenvalue weighted by Crippen LogP contribution is -2.43. The van der Waals surface area contributed by atoms with E-state index in [1.165, 1.54) is 0 Å². The largest absolute Gasteiger partial charge is 0.394 e. The maximum absolute atomic E-state index is 9.09. The van der Waals surface area contributed by atoms with Gasteiger partial charge in [0.05, 0.1) is 19.2 Å². The summed E-state index contributed by atoms with van der Waals surface area (Å²) in [4.78, 5) is 4.21. The summed E-state index contributed by atoms with van der Waals surface area (Å²) in [5.74, 6) is 1.42. The molecule has 0 saturated carbocycles. The van der Waals surface area contributed by atoms with Crippen molar-refractivity contribution in [3.63, 3.8) is 0 Å². The van der Waals surface area contributed by atoms with Gasteiger partial charge in [-0.15, -0.1) is 0 Å². The van der Waals surface area contributed by atoms with Gasteiger partial charge >= 0.3 is 0 Å². The summed E-state index contributed by atoms with van der Waals surface area (Å²) in [6, 6.07) is 0.129. The summed E-state index contributed by atoms with van der Waals surface area (Å²) in [5.41, 5.74) is 0. The number of hydrogen-bond donors (Lipinski definition) is 3. The van der Waals surface area contributed by atoms with Crippen molar-refractivity contribution in [3.8, 4) is 0 Å². The van der Waals surface area contributed by atoms with Gasteiger partial charge in [0.1, 0.15) is 0 Å². The van der Waals surface area contributed by atoms with Gasteiger partial charge < -0.3 is 15.7 Å². The van der Waals surface area contributed by atoms with Gasteiger partial charge in [-0.1, -0.05) is 13.8 Å². The molecule has 0 aliphatic carbocycles. The first-order chi connectivity index (χ1) is 6.22. The van der Waals surface area contributed by atoms with Crippen LogP contribution in [0.4, 0.5) is 0 Å². The first-order valence-electron chi connectivity index (χ1n) is 4.88. The Kier molecular flexibility index (Phi) is 4.02. The number of aliphatic hydroxyl groups is 1. The second kappa shape index (κ2) is 5.07. The van der Waals surface area contributed by atoms with Crippen LogP contribution >= 0.6 is 0 Å². The molecule has 0 saturated heterocycles. The third-order valence-corrected chi connectivity index (χ3v) is 1.99. The molecule has 0 aromatic carbocycles. The minimum absolute atomic E-state index is 0.129. The Morgan fingerprint density at radius 2 is 2.38 bits per heavy atom. The monoisotopic (exact) mass is 185 g/mol. The zero-order valence-electron chi connectivity index (χ0n) is 8.38. The molecule has 1 aliphatic rings. The highest BCUT2D eigenvalue weighted by Crippen LogP contribution is 2.04. The third kappa shape index (κ3) is 3.63. The Labute approximate surface area is 79.4 Å². The van der Waals surface area contributed by atoms with Crippen molar-refractivity contribution in [1.29, 1.82) is 0 Å². The van der Waals surface area contributed by atoms with Crippen LogP contribution in [-0.4, -0.2) is 36.8 Å². The first-order valence-corrected chi connectivity index (χ1v) is 4.88. The lowest BCUT2D eigenvalue weighted by molar-refractivity contribution is 0.238. The van der Waals surface area contributed by atoms with E-state index in [4.69, 9.17) is 5.11 Å². The molecular weight excluding hydrogens is 166 g/mol. The third-order valence-electron chi connectivity index (χ3n) is 1.99. The molecule has 13 heavy (non-hydrogen) atoms. The molecule has 0 aromatic rings. The van der Waals surface area contributed by atoms with Crippen LogP contribution in [0, 0.1) is 5.92 Å². The molecule has 3 N–H and O–H groups in total. The van der Waals surface area contributed by atoms with E-state index < -0.39 is 0 Å². The van der Waals surface area contributed by atoms with Gasteiger partial charge in [0.25, 0.3) is 0 Å². The average molecular weight is 185 g/mol. The van der Waals surface area contributed by atoms with Crippen LogP contribution in [0.1, 0.15) is 20.3 Å². The van der Waals surface area contributed by atoms with Gasteiger partial charge in [-0.05, 0) is 12.3 Å². The fourth-order valence-electron chi connectivity index (χ4n) is 1.44. The van der Waals surface area contributed by atoms with Crippen molar-refractivity contribution in [2.24, 2.45) is 10.9 Å². The summed E-state index contributed by atoms with van der Waals surface area (Å²) < 4.78 is 0. The lowest BCUT2D eigenvalue weighted by atomic mass is 10.0. The molecule has 4 heteroatoms. The standard InChI is InChI=1S/C9H19N3O/c1-7(2)5-8(6-13)12-9-10-3-4-11-9/h7-8,13H,3-6H2,1-2H3,(H2,10,11,12). The molecule has 1 heterocycles. The zero-order chi connectivity index (χ0) is 9.68. The van der Waals surface area contributed by atoms with Gasteiger partial charge in [0.15, 0.2) is 5.96 Å². The topological polar surface area (TPSA) is 56.6 Å². The Morgan fingerprint density at radius 3 is 2.85 bits per heavy atom. The minimum atomic E-state index is 0.129. The number of aliphatic hydroxyl groups excluding tert-OH is 1. The van der Waals surface area contributed by atoms with Crippen LogP contribution in [0.15, 0.2) is 4.99 Å². The van der Waals surface area contributed by atoms with Crippen molar-refractivity contribution in [1.82, 2.24) is 10.6 Å². The second-order valence-corrected chi connectivity index (χ2v) is 3.81. The smallest absolute Gasteiger partial charge is 0.191 e. The van der Waals surface area contributed by atoms with E-state index in [1.807, 2.05) is 0 Å². The van der Waals surface area contributed by atoms with Crippen LogP contribution in [0.3, 0.4) is 0 Å². The highest BCUT2D eigenvalue weighted by molar-refractivity contribution is 5.81. The molecule has 0 fully saturated rings. The Balaban J connectivity index is 2.30. The van der Waals surface area contributed by atoms with E-state index in [9.17, 15) is 0 Å². The molecule has 4 nitrogen and oxygen atoms in total. The van der Waals surface area contributed by atoms with Crippen LogP contribution in [0.2, 0.25) is 0 Å². The molecule has 1 atom stereocenters. The SMILES string of the molecule is CC(C)CC(CO)NC1=NCCN1. The van der Waals surface area contributed by atoms with E-state index in [2.05, 4.69) is 29.5 Å². The van der Waals surface area contributed by atoms with Crippen LogP contribution in [0.5, 0.6) is 0 Å². The number of nitrogens with zero attached hydrogens (tertiary/aromatic N) is 1. The van der Waals surface area contributed by atoms with Crippen LogP contribution < -0.4 is 10.6 Å². The number of guanidine groups is 1. The zero-order valence-corrected chi connectivity index (χ0v) is 8.38. The predicted octanol–water partition coefficient (Wildman–Crippen LogP) is -0.0578. The van der Waals surface area contributed by atoms with Crippen molar-refractivity contribution < 1.29 is 5.11 Å². The molecular formula is C9H19N3O. The van der Waals surface area contributed by atoms with E-state index in [-0.39, 0.29) is 12.6 Å². The summed E-state index contributed by atoms with van der Waals surface area (Å²) in [7, 11) is 0. The highest BCUT2D eigenvalue weighted by Gasteiger charge is 2.13. The van der Waals surface area contributed by atoms with Gasteiger partial charge in [0, 0.05) is 6.54 Å².